The zero-order valence-corrected chi connectivity index (χ0v) is 15.4. The molecule has 3 aromatic rings. The van der Waals surface area contributed by atoms with E-state index in [0.29, 0.717) is 26.2 Å². The van der Waals surface area contributed by atoms with E-state index in [-0.39, 0.29) is 11.7 Å². The molecule has 1 fully saturated rings. The van der Waals surface area contributed by atoms with E-state index in [4.69, 9.17) is 4.74 Å². The molecule has 1 aromatic carbocycles. The summed E-state index contributed by atoms with van der Waals surface area (Å²) in [4.78, 5) is 19.0. The van der Waals surface area contributed by atoms with Crippen molar-refractivity contribution in [1.29, 1.82) is 0 Å². The van der Waals surface area contributed by atoms with Gasteiger partial charge in [0.2, 0.25) is 0 Å². The second-order valence-electron chi connectivity index (χ2n) is 7.11. The fourth-order valence-electron chi connectivity index (χ4n) is 3.94. The Morgan fingerprint density at radius 2 is 2.07 bits per heavy atom. The number of imidazole rings is 1. The Hall–Kier alpha value is -2.51. The van der Waals surface area contributed by atoms with E-state index in [1.54, 1.807) is 12.1 Å². The maximum absolute atomic E-state index is 13.3. The predicted octanol–water partition coefficient (Wildman–Crippen LogP) is 3.57. The summed E-state index contributed by atoms with van der Waals surface area (Å²) >= 11 is 1.53. The van der Waals surface area contributed by atoms with Crippen LogP contribution in [0.25, 0.3) is 11.3 Å². The molecule has 0 aliphatic carbocycles. The minimum Gasteiger partial charge on any atom is -0.363 e. The number of rotatable bonds is 2. The number of amides is 1. The molecule has 1 spiro atoms. The molecular weight excluding hydrogens is 365 g/mol. The van der Waals surface area contributed by atoms with Crippen LogP contribution in [0.1, 0.15) is 22.6 Å². The lowest BCUT2D eigenvalue weighted by atomic mass is 10.0. The first kappa shape index (κ1) is 16.6. The number of carbonyl (C=O) groups excluding carboxylic acids is 1. The summed E-state index contributed by atoms with van der Waals surface area (Å²) in [6.45, 7) is 2.32. The van der Waals surface area contributed by atoms with Crippen molar-refractivity contribution < 1.29 is 13.9 Å². The number of nitrogens with zero attached hydrogens (tertiary/aromatic N) is 3. The number of halogens is 1. The van der Waals surface area contributed by atoms with Crippen molar-refractivity contribution in [2.24, 2.45) is 0 Å². The summed E-state index contributed by atoms with van der Waals surface area (Å²) in [7, 11) is 0. The van der Waals surface area contributed by atoms with E-state index in [0.717, 1.165) is 29.1 Å². The highest BCUT2D eigenvalue weighted by Gasteiger charge is 2.44. The van der Waals surface area contributed by atoms with Gasteiger partial charge in [-0.05, 0) is 47.7 Å². The molecule has 5 nitrogen and oxygen atoms in total. The summed E-state index contributed by atoms with van der Waals surface area (Å²) in [5, 5.41) is 3.80. The van der Waals surface area contributed by atoms with Gasteiger partial charge in [0.1, 0.15) is 23.8 Å². The first-order valence-corrected chi connectivity index (χ1v) is 9.84. The molecule has 1 amide bonds. The van der Waals surface area contributed by atoms with E-state index >= 15 is 0 Å². The normalized spacial score (nSPS) is 21.6. The molecule has 2 aliphatic heterocycles. The SMILES string of the molecule is O=C(c1ccsc1)N1CC[C@]2(C1)Cn1c(-c3ccc(F)cc3)cnc1CO2. The molecule has 0 radical (unpaired) electrons. The smallest absolute Gasteiger partial charge is 0.254 e. The van der Waals surface area contributed by atoms with Gasteiger partial charge in [0.15, 0.2) is 0 Å². The van der Waals surface area contributed by atoms with Gasteiger partial charge in [0, 0.05) is 11.9 Å². The number of ether oxygens (including phenoxy) is 1. The highest BCUT2D eigenvalue weighted by Crippen LogP contribution is 2.35. The molecule has 0 bridgehead atoms. The van der Waals surface area contributed by atoms with Crippen molar-refractivity contribution in [2.75, 3.05) is 13.1 Å². The van der Waals surface area contributed by atoms with Crippen molar-refractivity contribution in [1.82, 2.24) is 14.5 Å². The Bertz CT molecular complexity index is 983. The van der Waals surface area contributed by atoms with Gasteiger partial charge in [0.05, 0.1) is 30.5 Å². The third-order valence-electron chi connectivity index (χ3n) is 5.40. The molecule has 138 valence electrons. The van der Waals surface area contributed by atoms with Gasteiger partial charge in [-0.1, -0.05) is 0 Å². The highest BCUT2D eigenvalue weighted by molar-refractivity contribution is 7.08. The maximum atomic E-state index is 13.3. The van der Waals surface area contributed by atoms with Crippen molar-refractivity contribution in [3.8, 4) is 11.3 Å². The molecule has 0 N–H and O–H groups in total. The van der Waals surface area contributed by atoms with E-state index in [1.807, 2.05) is 27.9 Å². The van der Waals surface area contributed by atoms with Gasteiger partial charge < -0.3 is 14.2 Å². The standard InChI is InChI=1S/C20H18FN3O2S/c21-16-3-1-14(2-4-16)17-9-22-18-10-26-20(13-24(17)18)6-7-23(12-20)19(25)15-5-8-27-11-15/h1-5,8-9,11H,6-7,10,12-13H2/t20-/m0/s1. The number of benzene rings is 1. The number of hydrogen-bond donors (Lipinski definition) is 0. The molecule has 1 saturated heterocycles. The largest absolute Gasteiger partial charge is 0.363 e. The average molecular weight is 383 g/mol. The van der Waals surface area contributed by atoms with E-state index in [1.165, 1.54) is 23.5 Å². The summed E-state index contributed by atoms with van der Waals surface area (Å²) < 4.78 is 21.6. The van der Waals surface area contributed by atoms with Crippen molar-refractivity contribution in [2.45, 2.75) is 25.2 Å². The monoisotopic (exact) mass is 383 g/mol. The van der Waals surface area contributed by atoms with Crippen molar-refractivity contribution >= 4 is 17.2 Å². The van der Waals surface area contributed by atoms with Crippen LogP contribution in [0.15, 0.2) is 47.3 Å². The van der Waals surface area contributed by atoms with Crippen LogP contribution in [0.4, 0.5) is 4.39 Å². The number of thiophene rings is 1. The summed E-state index contributed by atoms with van der Waals surface area (Å²) in [6, 6.07) is 8.31. The molecule has 5 rings (SSSR count). The van der Waals surface area contributed by atoms with Crippen LogP contribution < -0.4 is 0 Å². The molecule has 7 heteroatoms. The van der Waals surface area contributed by atoms with Gasteiger partial charge in [-0.15, -0.1) is 0 Å². The first-order chi connectivity index (χ1) is 13.1. The Labute approximate surface area is 160 Å². The Morgan fingerprint density at radius 1 is 1.22 bits per heavy atom. The summed E-state index contributed by atoms with van der Waals surface area (Å²) in [5.74, 6) is 0.671. The molecule has 27 heavy (non-hydrogen) atoms. The topological polar surface area (TPSA) is 47.4 Å². The quantitative estimate of drug-likeness (QED) is 0.680. The molecule has 0 unspecified atom stereocenters. The second-order valence-corrected chi connectivity index (χ2v) is 7.89. The molecule has 4 heterocycles. The van der Waals surface area contributed by atoms with E-state index in [2.05, 4.69) is 9.55 Å². The van der Waals surface area contributed by atoms with Crippen LogP contribution in [0.3, 0.4) is 0 Å². The lowest BCUT2D eigenvalue weighted by Gasteiger charge is -2.35. The van der Waals surface area contributed by atoms with Gasteiger partial charge in [-0.2, -0.15) is 11.3 Å². The number of aromatic nitrogens is 2. The molecule has 0 saturated carbocycles. The van der Waals surface area contributed by atoms with E-state index in [9.17, 15) is 9.18 Å². The minimum absolute atomic E-state index is 0.0620. The molecular formula is C20H18FN3O2S. The molecule has 1 atom stereocenters. The van der Waals surface area contributed by atoms with Gasteiger partial charge in [-0.25, -0.2) is 9.37 Å². The van der Waals surface area contributed by atoms with Gasteiger partial charge >= 0.3 is 0 Å². The Balaban J connectivity index is 1.40. The van der Waals surface area contributed by atoms with Crippen molar-refractivity contribution in [3.63, 3.8) is 0 Å². The fraction of sp³-hybridized carbons (Fsp3) is 0.300. The zero-order valence-electron chi connectivity index (χ0n) is 14.6. The van der Waals surface area contributed by atoms with Gasteiger partial charge in [-0.3, -0.25) is 4.79 Å². The maximum Gasteiger partial charge on any atom is 0.254 e. The van der Waals surface area contributed by atoms with Crippen LogP contribution in [0, 0.1) is 5.82 Å². The lowest BCUT2D eigenvalue weighted by molar-refractivity contribution is -0.0804. The second kappa shape index (κ2) is 6.28. The fourth-order valence-corrected chi connectivity index (χ4v) is 4.57. The van der Waals surface area contributed by atoms with Crippen LogP contribution >= 0.6 is 11.3 Å². The van der Waals surface area contributed by atoms with Crippen molar-refractivity contribution in [3.05, 3.63) is 64.5 Å². The third kappa shape index (κ3) is 2.87. The average Bonchev–Trinajstić information content (AvgIpc) is 3.42. The number of hydrogen-bond acceptors (Lipinski definition) is 4. The minimum atomic E-state index is -0.395. The highest BCUT2D eigenvalue weighted by atomic mass is 32.1. The predicted molar refractivity (Wildman–Crippen MR) is 100.0 cm³/mol. The zero-order chi connectivity index (χ0) is 18.4. The number of fused-ring (bicyclic) bond motifs is 1. The number of likely N-dealkylation sites (tertiary alicyclic amines) is 1. The Morgan fingerprint density at radius 3 is 2.85 bits per heavy atom. The number of carbonyl (C=O) groups is 1. The van der Waals surface area contributed by atoms with Crippen LogP contribution in [0.5, 0.6) is 0 Å². The lowest BCUT2D eigenvalue weighted by Crippen LogP contribution is -2.45. The van der Waals surface area contributed by atoms with E-state index < -0.39 is 5.60 Å². The molecule has 2 aromatic heterocycles. The van der Waals surface area contributed by atoms with Crippen LogP contribution in [0.2, 0.25) is 0 Å². The first-order valence-electron chi connectivity index (χ1n) is 8.89. The Kier molecular flexibility index (Phi) is 3.87. The van der Waals surface area contributed by atoms with Crippen LogP contribution in [-0.4, -0.2) is 39.0 Å². The summed E-state index contributed by atoms with van der Waals surface area (Å²) in [5.41, 5.74) is 2.23. The third-order valence-corrected chi connectivity index (χ3v) is 6.09. The van der Waals surface area contributed by atoms with Crippen LogP contribution in [-0.2, 0) is 17.9 Å². The summed E-state index contributed by atoms with van der Waals surface area (Å²) in [6.07, 6.45) is 2.61. The molecule has 2 aliphatic rings. The van der Waals surface area contributed by atoms with Gasteiger partial charge in [0.25, 0.3) is 5.91 Å².